The van der Waals surface area contributed by atoms with Crippen LogP contribution in [-0.4, -0.2) is 51.9 Å². The van der Waals surface area contributed by atoms with E-state index in [1.165, 1.54) is 5.48 Å². The molecule has 2 amide bonds. The van der Waals surface area contributed by atoms with Gasteiger partial charge in [-0.15, -0.1) is 0 Å². The van der Waals surface area contributed by atoms with E-state index in [-0.39, 0.29) is 26.0 Å². The molecule has 26 heavy (non-hydrogen) atoms. The van der Waals surface area contributed by atoms with Gasteiger partial charge in [0.1, 0.15) is 12.6 Å². The summed E-state index contributed by atoms with van der Waals surface area (Å²) in [6.45, 7) is -0.265. The first-order chi connectivity index (χ1) is 12.3. The number of benzene rings is 1. The fourth-order valence-corrected chi connectivity index (χ4v) is 1.52. The predicted octanol–water partition coefficient (Wildman–Crippen LogP) is -0.319. The van der Waals surface area contributed by atoms with Crippen molar-refractivity contribution in [2.45, 2.75) is 25.5 Å². The Kier molecular flexibility index (Phi) is 11.5. The van der Waals surface area contributed by atoms with E-state index in [9.17, 15) is 19.2 Å². The lowest BCUT2D eigenvalue weighted by atomic mass is 10.1. The van der Waals surface area contributed by atoms with Gasteiger partial charge in [0, 0.05) is 6.42 Å². The lowest BCUT2D eigenvalue weighted by Crippen LogP contribution is -2.46. The second-order valence-electron chi connectivity index (χ2n) is 4.76. The zero-order valence-corrected chi connectivity index (χ0v) is 13.8. The van der Waals surface area contributed by atoms with Crippen molar-refractivity contribution in [3.8, 4) is 0 Å². The smallest absolute Gasteiger partial charge is 0.408 e. The van der Waals surface area contributed by atoms with Crippen molar-refractivity contribution in [3.05, 3.63) is 35.9 Å². The van der Waals surface area contributed by atoms with Gasteiger partial charge in [-0.25, -0.2) is 10.3 Å². The van der Waals surface area contributed by atoms with E-state index in [0.717, 1.165) is 5.56 Å². The van der Waals surface area contributed by atoms with Crippen LogP contribution in [0, 0.1) is 0 Å². The molecule has 144 valence electrons. The minimum absolute atomic E-state index is 0.0130. The highest BCUT2D eigenvalue weighted by Gasteiger charge is 2.22. The molecule has 0 heterocycles. The number of rotatable bonds is 8. The van der Waals surface area contributed by atoms with Crippen molar-refractivity contribution in [2.24, 2.45) is 5.73 Å². The summed E-state index contributed by atoms with van der Waals surface area (Å²) in [6, 6.07) is 7.72. The maximum absolute atomic E-state index is 11.5. The molecule has 0 bridgehead atoms. The zero-order valence-electron chi connectivity index (χ0n) is 13.8. The van der Waals surface area contributed by atoms with E-state index < -0.39 is 30.0 Å². The van der Waals surface area contributed by atoms with E-state index in [2.05, 4.69) is 11.1 Å². The van der Waals surface area contributed by atoms with Gasteiger partial charge in [0.2, 0.25) is 0 Å². The molecular formula is C15H21N3O8. The Morgan fingerprint density at radius 2 is 1.65 bits per heavy atom. The molecule has 7 N–H and O–H groups in total. The Morgan fingerprint density at radius 3 is 2.12 bits per heavy atom. The van der Waals surface area contributed by atoms with Crippen molar-refractivity contribution in [1.82, 2.24) is 10.8 Å². The SMILES string of the molecule is NCC(=O)O.O=C(O)CC[C@H](NC(=O)OCc1ccccc1)C(=O)NO. The molecule has 0 aromatic heterocycles. The molecule has 0 fully saturated rings. The lowest BCUT2D eigenvalue weighted by molar-refractivity contribution is -0.138. The summed E-state index contributed by atoms with van der Waals surface area (Å²) in [4.78, 5) is 42.6. The molecule has 1 aromatic rings. The quantitative estimate of drug-likeness (QED) is 0.263. The number of carbonyl (C=O) groups is 4. The van der Waals surface area contributed by atoms with Gasteiger partial charge in [-0.05, 0) is 12.0 Å². The molecule has 0 spiro atoms. The number of hydrogen-bond acceptors (Lipinski definition) is 7. The van der Waals surface area contributed by atoms with E-state index in [1.807, 2.05) is 6.07 Å². The van der Waals surface area contributed by atoms with E-state index in [0.29, 0.717) is 0 Å². The molecule has 0 saturated carbocycles. The molecule has 0 aliphatic heterocycles. The van der Waals surface area contributed by atoms with Crippen LogP contribution in [0.3, 0.4) is 0 Å². The van der Waals surface area contributed by atoms with Crippen LogP contribution in [0.25, 0.3) is 0 Å². The van der Waals surface area contributed by atoms with Crippen molar-refractivity contribution < 1.29 is 39.3 Å². The number of carboxylic acids is 2. The number of ether oxygens (including phenoxy) is 1. The van der Waals surface area contributed by atoms with Crippen LogP contribution in [0.1, 0.15) is 18.4 Å². The minimum atomic E-state index is -1.19. The standard InChI is InChI=1S/C13H16N2O6.C2H5NO2/c16-11(17)7-6-10(12(18)15-20)14-13(19)21-8-9-4-2-1-3-5-9;3-1-2(4)5/h1-5,10,20H,6-8H2,(H,14,19)(H,15,18)(H,16,17);1,3H2,(H,4,5)/t10-;/m0./s1. The van der Waals surface area contributed by atoms with E-state index in [4.69, 9.17) is 20.2 Å². The van der Waals surface area contributed by atoms with Crippen LogP contribution in [-0.2, 0) is 25.7 Å². The highest BCUT2D eigenvalue weighted by molar-refractivity contribution is 5.85. The molecule has 0 aliphatic carbocycles. The largest absolute Gasteiger partial charge is 0.481 e. The number of carboxylic acid groups (broad SMARTS) is 2. The average Bonchev–Trinajstić information content (AvgIpc) is 2.63. The van der Waals surface area contributed by atoms with Gasteiger partial charge in [0.15, 0.2) is 0 Å². The monoisotopic (exact) mass is 371 g/mol. The van der Waals surface area contributed by atoms with Crippen molar-refractivity contribution in [3.63, 3.8) is 0 Å². The van der Waals surface area contributed by atoms with Gasteiger partial charge in [0.25, 0.3) is 5.91 Å². The van der Waals surface area contributed by atoms with Crippen LogP contribution < -0.4 is 16.5 Å². The number of amides is 2. The summed E-state index contributed by atoms with van der Waals surface area (Å²) >= 11 is 0. The van der Waals surface area contributed by atoms with Crippen LogP contribution in [0.5, 0.6) is 0 Å². The highest BCUT2D eigenvalue weighted by Crippen LogP contribution is 2.02. The Bertz CT molecular complexity index is 594. The summed E-state index contributed by atoms with van der Waals surface area (Å²) in [7, 11) is 0. The minimum Gasteiger partial charge on any atom is -0.481 e. The fraction of sp³-hybridized carbons (Fsp3) is 0.333. The number of nitrogens with two attached hydrogens (primary N) is 1. The van der Waals surface area contributed by atoms with E-state index >= 15 is 0 Å². The van der Waals surface area contributed by atoms with Gasteiger partial charge < -0.3 is 26.0 Å². The Labute approximate surface area is 148 Å². The van der Waals surface area contributed by atoms with E-state index in [1.54, 1.807) is 24.3 Å². The third-order valence-electron chi connectivity index (χ3n) is 2.75. The van der Waals surface area contributed by atoms with Gasteiger partial charge in [-0.1, -0.05) is 30.3 Å². The highest BCUT2D eigenvalue weighted by atomic mass is 16.5. The van der Waals surface area contributed by atoms with Gasteiger partial charge in [-0.2, -0.15) is 0 Å². The number of carbonyl (C=O) groups excluding carboxylic acids is 2. The zero-order chi connectivity index (χ0) is 19.9. The topological polar surface area (TPSA) is 188 Å². The molecular weight excluding hydrogens is 350 g/mol. The maximum Gasteiger partial charge on any atom is 0.408 e. The predicted molar refractivity (Wildman–Crippen MR) is 87.0 cm³/mol. The summed E-state index contributed by atoms with van der Waals surface area (Å²) < 4.78 is 4.90. The van der Waals surface area contributed by atoms with Crippen molar-refractivity contribution in [2.75, 3.05) is 6.54 Å². The molecule has 1 rings (SSSR count). The Hall–Kier alpha value is -3.18. The summed E-state index contributed by atoms with van der Waals surface area (Å²) in [5.41, 5.74) is 6.70. The molecule has 1 aromatic carbocycles. The average molecular weight is 371 g/mol. The third-order valence-corrected chi connectivity index (χ3v) is 2.75. The number of nitrogens with one attached hydrogen (secondary N) is 2. The molecule has 0 saturated heterocycles. The van der Waals surface area contributed by atoms with Gasteiger partial charge in [0.05, 0.1) is 6.54 Å². The maximum atomic E-state index is 11.5. The van der Waals surface area contributed by atoms with Crippen LogP contribution in [0.4, 0.5) is 4.79 Å². The number of hydroxylamine groups is 1. The third kappa shape index (κ3) is 11.4. The van der Waals surface area contributed by atoms with Crippen LogP contribution >= 0.6 is 0 Å². The number of alkyl carbamates (subject to hydrolysis) is 1. The molecule has 1 atom stereocenters. The number of hydrogen-bond donors (Lipinski definition) is 6. The first-order valence-electron chi connectivity index (χ1n) is 7.35. The van der Waals surface area contributed by atoms with Gasteiger partial charge in [-0.3, -0.25) is 19.6 Å². The molecule has 0 radical (unpaired) electrons. The van der Waals surface area contributed by atoms with Gasteiger partial charge >= 0.3 is 18.0 Å². The lowest BCUT2D eigenvalue weighted by Gasteiger charge is -2.15. The molecule has 11 nitrogen and oxygen atoms in total. The summed E-state index contributed by atoms with van der Waals surface area (Å²) in [5, 5.41) is 26.9. The molecule has 11 heteroatoms. The second kappa shape index (κ2) is 13.1. The van der Waals surface area contributed by atoms with Crippen molar-refractivity contribution in [1.29, 1.82) is 0 Å². The molecule has 0 aliphatic rings. The summed E-state index contributed by atoms with van der Waals surface area (Å²) in [5.74, 6) is -3.00. The Balaban J connectivity index is 0.00000110. The van der Waals surface area contributed by atoms with Crippen LogP contribution in [0.15, 0.2) is 30.3 Å². The first kappa shape index (κ1) is 22.8. The van der Waals surface area contributed by atoms with Crippen molar-refractivity contribution >= 4 is 23.9 Å². The molecule has 0 unspecified atom stereocenters. The number of aliphatic carboxylic acids is 2. The Morgan fingerprint density at radius 1 is 1.08 bits per heavy atom. The summed E-state index contributed by atoms with van der Waals surface area (Å²) in [6.07, 6.45) is -1.38. The first-order valence-corrected chi connectivity index (χ1v) is 7.35. The van der Waals surface area contributed by atoms with Crippen LogP contribution in [0.2, 0.25) is 0 Å². The second-order valence-corrected chi connectivity index (χ2v) is 4.76. The fourth-order valence-electron chi connectivity index (χ4n) is 1.52. The normalized spacial score (nSPS) is 10.5.